The molecule has 0 heterocycles. The molecular formula is C14H19BrFNO2. The van der Waals surface area contributed by atoms with Crippen molar-refractivity contribution in [3.05, 3.63) is 34.1 Å². The third-order valence-corrected chi connectivity index (χ3v) is 3.58. The maximum atomic E-state index is 13.7. The van der Waals surface area contributed by atoms with Crippen molar-refractivity contribution in [3.8, 4) is 0 Å². The number of aliphatic hydroxyl groups is 1. The van der Waals surface area contributed by atoms with Crippen molar-refractivity contribution >= 4 is 21.8 Å². The molecule has 0 aromatic heterocycles. The number of amides is 1. The Morgan fingerprint density at radius 1 is 1.53 bits per heavy atom. The number of hydrogen-bond acceptors (Lipinski definition) is 2. The molecule has 0 fully saturated rings. The highest BCUT2D eigenvalue weighted by Gasteiger charge is 2.20. The van der Waals surface area contributed by atoms with Gasteiger partial charge in [0.25, 0.3) is 0 Å². The molecule has 1 amide bonds. The molecule has 106 valence electrons. The number of nitrogens with zero attached hydrogens (tertiary/aromatic N) is 1. The molecule has 1 atom stereocenters. The molecular weight excluding hydrogens is 313 g/mol. The van der Waals surface area contributed by atoms with Crippen LogP contribution in [0.5, 0.6) is 0 Å². The van der Waals surface area contributed by atoms with Gasteiger partial charge >= 0.3 is 0 Å². The zero-order valence-corrected chi connectivity index (χ0v) is 12.8. The Morgan fingerprint density at radius 2 is 2.21 bits per heavy atom. The smallest absolute Gasteiger partial charge is 0.225 e. The van der Waals surface area contributed by atoms with Crippen LogP contribution in [-0.4, -0.2) is 29.1 Å². The minimum absolute atomic E-state index is 0.0593. The fraction of sp³-hybridized carbons (Fsp3) is 0.500. The van der Waals surface area contributed by atoms with E-state index < -0.39 is 0 Å². The number of aliphatic hydroxyl groups excluding tert-OH is 1. The molecule has 0 saturated heterocycles. The van der Waals surface area contributed by atoms with Gasteiger partial charge in [-0.3, -0.25) is 4.79 Å². The van der Waals surface area contributed by atoms with Crippen molar-refractivity contribution in [1.82, 2.24) is 4.90 Å². The lowest BCUT2D eigenvalue weighted by molar-refractivity contribution is -0.136. The zero-order valence-electron chi connectivity index (χ0n) is 11.2. The molecule has 5 heteroatoms. The Morgan fingerprint density at radius 3 is 2.79 bits per heavy atom. The Balaban J connectivity index is 2.89. The fourth-order valence-electron chi connectivity index (χ4n) is 1.74. The van der Waals surface area contributed by atoms with Crippen LogP contribution in [0, 0.1) is 11.7 Å². The van der Waals surface area contributed by atoms with Crippen LogP contribution in [0.1, 0.15) is 25.8 Å². The number of hydrogen-bond donors (Lipinski definition) is 1. The SMILES string of the molecule is CCC(C)C(=O)N(CCO)Cc1cc(Br)ccc1F. The van der Waals surface area contributed by atoms with Crippen molar-refractivity contribution in [2.75, 3.05) is 13.2 Å². The summed E-state index contributed by atoms with van der Waals surface area (Å²) in [5, 5.41) is 9.05. The molecule has 1 unspecified atom stereocenters. The van der Waals surface area contributed by atoms with Gasteiger partial charge in [-0.25, -0.2) is 4.39 Å². The second-order valence-electron chi connectivity index (χ2n) is 4.53. The largest absolute Gasteiger partial charge is 0.395 e. The van der Waals surface area contributed by atoms with E-state index in [9.17, 15) is 9.18 Å². The first-order chi connectivity index (χ1) is 8.99. The number of carbonyl (C=O) groups excluding carboxylic acids is 1. The molecule has 0 aliphatic rings. The summed E-state index contributed by atoms with van der Waals surface area (Å²) >= 11 is 3.29. The average Bonchev–Trinajstić information content (AvgIpc) is 2.40. The molecule has 0 spiro atoms. The summed E-state index contributed by atoms with van der Waals surface area (Å²) in [5.41, 5.74) is 0.444. The summed E-state index contributed by atoms with van der Waals surface area (Å²) in [6, 6.07) is 4.64. The first-order valence-corrected chi connectivity index (χ1v) is 7.12. The summed E-state index contributed by atoms with van der Waals surface area (Å²) in [4.78, 5) is 13.6. The summed E-state index contributed by atoms with van der Waals surface area (Å²) < 4.78 is 14.5. The molecule has 3 nitrogen and oxygen atoms in total. The van der Waals surface area contributed by atoms with E-state index in [1.54, 1.807) is 12.1 Å². The van der Waals surface area contributed by atoms with Crippen molar-refractivity contribution < 1.29 is 14.3 Å². The van der Waals surface area contributed by atoms with Crippen LogP contribution in [0.4, 0.5) is 4.39 Å². The monoisotopic (exact) mass is 331 g/mol. The zero-order chi connectivity index (χ0) is 14.4. The van der Waals surface area contributed by atoms with E-state index in [1.807, 2.05) is 13.8 Å². The molecule has 1 aromatic rings. The topological polar surface area (TPSA) is 40.5 Å². The van der Waals surface area contributed by atoms with Crippen LogP contribution in [-0.2, 0) is 11.3 Å². The molecule has 1 N–H and O–H groups in total. The fourth-order valence-corrected chi connectivity index (χ4v) is 2.15. The van der Waals surface area contributed by atoms with Gasteiger partial charge in [-0.2, -0.15) is 0 Å². The summed E-state index contributed by atoms with van der Waals surface area (Å²) in [5.74, 6) is -0.527. The number of halogens is 2. The molecule has 0 aliphatic carbocycles. The van der Waals surface area contributed by atoms with Gasteiger partial charge < -0.3 is 10.0 Å². The van der Waals surface area contributed by atoms with E-state index in [-0.39, 0.29) is 37.3 Å². The van der Waals surface area contributed by atoms with Crippen LogP contribution in [0.25, 0.3) is 0 Å². The van der Waals surface area contributed by atoms with Crippen LogP contribution < -0.4 is 0 Å². The molecule has 0 radical (unpaired) electrons. The van der Waals surface area contributed by atoms with Gasteiger partial charge in [-0.15, -0.1) is 0 Å². The Labute approximate surface area is 121 Å². The highest BCUT2D eigenvalue weighted by molar-refractivity contribution is 9.10. The molecule has 0 saturated carbocycles. The number of rotatable bonds is 6. The number of carbonyl (C=O) groups is 1. The predicted molar refractivity (Wildman–Crippen MR) is 76.1 cm³/mol. The standard InChI is InChI=1S/C14H19BrFNO2/c1-3-10(2)14(19)17(6-7-18)9-11-8-12(15)4-5-13(11)16/h4-5,8,10,18H,3,6-7,9H2,1-2H3. The predicted octanol–water partition coefficient (Wildman–Crippen LogP) is 2.96. The van der Waals surface area contributed by atoms with E-state index in [4.69, 9.17) is 5.11 Å². The second kappa shape index (κ2) is 7.60. The van der Waals surface area contributed by atoms with Crippen LogP contribution in [0.15, 0.2) is 22.7 Å². The first-order valence-electron chi connectivity index (χ1n) is 6.33. The highest BCUT2D eigenvalue weighted by atomic mass is 79.9. The third-order valence-electron chi connectivity index (χ3n) is 3.08. The van der Waals surface area contributed by atoms with Crippen LogP contribution in [0.3, 0.4) is 0 Å². The second-order valence-corrected chi connectivity index (χ2v) is 5.44. The van der Waals surface area contributed by atoms with Gasteiger partial charge in [0.2, 0.25) is 5.91 Å². The minimum Gasteiger partial charge on any atom is -0.395 e. The minimum atomic E-state index is -0.344. The van der Waals surface area contributed by atoms with Gasteiger partial charge in [-0.05, 0) is 24.6 Å². The van der Waals surface area contributed by atoms with E-state index in [0.29, 0.717) is 5.56 Å². The first kappa shape index (κ1) is 16.1. The van der Waals surface area contributed by atoms with Gasteiger partial charge in [0, 0.05) is 29.0 Å². The van der Waals surface area contributed by atoms with Crippen molar-refractivity contribution in [2.24, 2.45) is 5.92 Å². The molecule has 1 rings (SSSR count). The summed E-state index contributed by atoms with van der Waals surface area (Å²) in [7, 11) is 0. The van der Waals surface area contributed by atoms with E-state index >= 15 is 0 Å². The van der Waals surface area contributed by atoms with Crippen molar-refractivity contribution in [3.63, 3.8) is 0 Å². The Kier molecular flexibility index (Phi) is 6.45. The lowest BCUT2D eigenvalue weighted by Crippen LogP contribution is -2.36. The highest BCUT2D eigenvalue weighted by Crippen LogP contribution is 2.18. The van der Waals surface area contributed by atoms with Crippen molar-refractivity contribution in [2.45, 2.75) is 26.8 Å². The summed E-state index contributed by atoms with van der Waals surface area (Å²) in [6.07, 6.45) is 0.724. The quantitative estimate of drug-likeness (QED) is 0.870. The van der Waals surface area contributed by atoms with Gasteiger partial charge in [0.15, 0.2) is 0 Å². The molecule has 0 bridgehead atoms. The molecule has 0 aliphatic heterocycles. The third kappa shape index (κ3) is 4.58. The lowest BCUT2D eigenvalue weighted by Gasteiger charge is -2.25. The Hall–Kier alpha value is -0.940. The van der Waals surface area contributed by atoms with E-state index in [0.717, 1.165) is 10.9 Å². The molecule has 1 aromatic carbocycles. The average molecular weight is 332 g/mol. The van der Waals surface area contributed by atoms with E-state index in [1.165, 1.54) is 11.0 Å². The van der Waals surface area contributed by atoms with Gasteiger partial charge in [0.05, 0.1) is 6.61 Å². The lowest BCUT2D eigenvalue weighted by atomic mass is 10.1. The van der Waals surface area contributed by atoms with Crippen molar-refractivity contribution in [1.29, 1.82) is 0 Å². The van der Waals surface area contributed by atoms with Crippen LogP contribution in [0.2, 0.25) is 0 Å². The van der Waals surface area contributed by atoms with Gasteiger partial charge in [-0.1, -0.05) is 29.8 Å². The number of benzene rings is 1. The normalized spacial score (nSPS) is 12.3. The maximum absolute atomic E-state index is 13.7. The maximum Gasteiger partial charge on any atom is 0.225 e. The van der Waals surface area contributed by atoms with Crippen LogP contribution >= 0.6 is 15.9 Å². The summed E-state index contributed by atoms with van der Waals surface area (Å²) in [6.45, 7) is 4.03. The molecule has 19 heavy (non-hydrogen) atoms. The Bertz CT molecular complexity index is 439. The van der Waals surface area contributed by atoms with E-state index in [2.05, 4.69) is 15.9 Å². The van der Waals surface area contributed by atoms with Gasteiger partial charge in [0.1, 0.15) is 5.82 Å².